The second-order valence-corrected chi connectivity index (χ2v) is 13.3. The van der Waals surface area contributed by atoms with E-state index in [4.69, 9.17) is 10.6 Å². The van der Waals surface area contributed by atoms with Crippen molar-refractivity contribution in [2.75, 3.05) is 20.7 Å². The number of hydrogen-bond donors (Lipinski definition) is 5. The number of amides is 1. The lowest BCUT2D eigenvalue weighted by Crippen LogP contribution is -2.65. The van der Waals surface area contributed by atoms with Crippen molar-refractivity contribution in [3.63, 3.8) is 0 Å². The molecule has 1 fully saturated rings. The summed E-state index contributed by atoms with van der Waals surface area (Å²) in [6, 6.07) is 0.700. The molecule has 0 unspecified atom stereocenters. The molecule has 0 saturated heterocycles. The molecule has 1 aromatic carbocycles. The lowest BCUT2D eigenvalue weighted by Gasteiger charge is -2.50. The Bertz CT molecular complexity index is 1470. The van der Waals surface area contributed by atoms with E-state index >= 15 is 0 Å². The summed E-state index contributed by atoms with van der Waals surface area (Å²) in [6.45, 7) is 10.3. The van der Waals surface area contributed by atoms with Crippen molar-refractivity contribution >= 4 is 28.9 Å². The number of Topliss-reactive ketones (excluding diaryl/α,β-unsaturated/α-hetero) is 2. The predicted molar refractivity (Wildman–Crippen MR) is 160 cm³/mol. The molecule has 0 spiro atoms. The third kappa shape index (κ3) is 5.33. The van der Waals surface area contributed by atoms with E-state index in [0.29, 0.717) is 35.4 Å². The molecule has 0 aromatic heterocycles. The van der Waals surface area contributed by atoms with E-state index in [1.54, 1.807) is 27.9 Å². The first-order valence-corrected chi connectivity index (χ1v) is 14.7. The largest absolute Gasteiger partial charge is 0.508 e. The highest BCUT2D eigenvalue weighted by atomic mass is 16.6. The standard InChI is InChI=1S/C32H43N3O8/c1-8-43-34-15(2)18-12-16(10-9-11-31(3,4)5)25(36)22-19(18)13-17-14-20-24(35(6)7)27(38)23(30(33)41)29(40)32(20,42)28(39)21(17)26(22)37/h12,17,20,24,36-37,40,42H,8-11,13-14H2,1-7H3,(H2,33,41)/b34-15+/t17-,20-,24-,32-/m0/s1. The van der Waals surface area contributed by atoms with Crippen LogP contribution < -0.4 is 5.73 Å². The Labute approximate surface area is 251 Å². The van der Waals surface area contributed by atoms with Crippen molar-refractivity contribution in [2.24, 2.45) is 28.1 Å². The Hall–Kier alpha value is -3.70. The highest BCUT2D eigenvalue weighted by Gasteiger charge is 2.64. The number of aliphatic hydroxyl groups excluding tert-OH is 2. The molecule has 11 nitrogen and oxygen atoms in total. The number of nitrogens with two attached hydrogens (primary N) is 1. The van der Waals surface area contributed by atoms with Crippen molar-refractivity contribution in [2.45, 2.75) is 78.4 Å². The number of benzene rings is 1. The third-order valence-electron chi connectivity index (χ3n) is 8.89. The Morgan fingerprint density at radius 3 is 2.42 bits per heavy atom. The van der Waals surface area contributed by atoms with E-state index in [2.05, 4.69) is 25.9 Å². The minimum absolute atomic E-state index is 0.0148. The molecule has 3 aliphatic carbocycles. The van der Waals surface area contributed by atoms with Gasteiger partial charge in [0, 0.05) is 17.1 Å². The fourth-order valence-corrected chi connectivity index (χ4v) is 6.90. The Balaban J connectivity index is 1.95. The Morgan fingerprint density at radius 1 is 1.21 bits per heavy atom. The van der Waals surface area contributed by atoms with E-state index in [9.17, 15) is 34.8 Å². The molecule has 4 rings (SSSR count). The fraction of sp³-hybridized carbons (Fsp3) is 0.562. The van der Waals surface area contributed by atoms with Crippen LogP contribution in [0.2, 0.25) is 0 Å². The number of nitrogens with zero attached hydrogens (tertiary/aromatic N) is 2. The van der Waals surface area contributed by atoms with Gasteiger partial charge in [-0.05, 0) is 88.6 Å². The van der Waals surface area contributed by atoms with Crippen LogP contribution in [0, 0.1) is 17.3 Å². The molecule has 0 bridgehead atoms. The van der Waals surface area contributed by atoms with E-state index in [-0.39, 0.29) is 35.1 Å². The molecule has 11 heteroatoms. The summed E-state index contributed by atoms with van der Waals surface area (Å²) in [5.41, 5.74) is 4.13. The summed E-state index contributed by atoms with van der Waals surface area (Å²) in [5.74, 6) is -6.71. The van der Waals surface area contributed by atoms with Gasteiger partial charge in [-0.15, -0.1) is 0 Å². The SMILES string of the molecule is CCO/N=C(\C)c1cc(CCCC(C)(C)C)c(O)c2c1C[C@H]1C[C@H]3[C@H](N(C)C)C(=O)C(C(N)=O)=C(O)[C@@]3(O)C(=O)C1=C2O. The monoisotopic (exact) mass is 597 g/mol. The van der Waals surface area contributed by atoms with Gasteiger partial charge in [0.25, 0.3) is 5.91 Å². The van der Waals surface area contributed by atoms with Crippen molar-refractivity contribution in [3.8, 4) is 5.75 Å². The van der Waals surface area contributed by atoms with Gasteiger partial charge in [-0.25, -0.2) is 0 Å². The fourth-order valence-electron chi connectivity index (χ4n) is 6.90. The van der Waals surface area contributed by atoms with Crippen LogP contribution in [0.25, 0.3) is 5.76 Å². The predicted octanol–water partition coefficient (Wildman–Crippen LogP) is 3.09. The number of phenols is 1. The number of aromatic hydroxyl groups is 1. The second kappa shape index (κ2) is 11.4. The van der Waals surface area contributed by atoms with Gasteiger partial charge in [0.15, 0.2) is 11.4 Å². The molecule has 0 aliphatic heterocycles. The van der Waals surface area contributed by atoms with Crippen LogP contribution in [0.15, 0.2) is 28.1 Å². The van der Waals surface area contributed by atoms with Crippen LogP contribution in [0.1, 0.15) is 76.1 Å². The summed E-state index contributed by atoms with van der Waals surface area (Å²) in [4.78, 5) is 46.5. The topological polar surface area (TPSA) is 183 Å². The number of aliphatic hydroxyl groups is 3. The third-order valence-corrected chi connectivity index (χ3v) is 8.89. The van der Waals surface area contributed by atoms with Crippen molar-refractivity contribution < 1.29 is 39.6 Å². The van der Waals surface area contributed by atoms with Crippen LogP contribution in [0.4, 0.5) is 0 Å². The summed E-state index contributed by atoms with van der Waals surface area (Å²) < 4.78 is 0. The molecule has 3 aliphatic rings. The first kappa shape index (κ1) is 32.2. The molecule has 0 heterocycles. The Kier molecular flexibility index (Phi) is 8.56. The highest BCUT2D eigenvalue weighted by Crippen LogP contribution is 2.53. The van der Waals surface area contributed by atoms with Crippen LogP contribution in [-0.2, 0) is 32.1 Å². The van der Waals surface area contributed by atoms with Crippen LogP contribution in [0.3, 0.4) is 0 Å². The van der Waals surface area contributed by atoms with Crippen molar-refractivity contribution in [1.82, 2.24) is 4.90 Å². The van der Waals surface area contributed by atoms with Gasteiger partial charge < -0.3 is 31.0 Å². The number of hydrogen-bond acceptors (Lipinski definition) is 10. The number of fused-ring (bicyclic) bond motifs is 3. The molecular weight excluding hydrogens is 554 g/mol. The molecule has 234 valence electrons. The van der Waals surface area contributed by atoms with E-state index in [0.717, 1.165) is 12.8 Å². The molecule has 4 atom stereocenters. The minimum atomic E-state index is -2.68. The molecule has 43 heavy (non-hydrogen) atoms. The van der Waals surface area contributed by atoms with Gasteiger partial charge >= 0.3 is 0 Å². The normalized spacial score (nSPS) is 26.0. The quantitative estimate of drug-likeness (QED) is 0.171. The van der Waals surface area contributed by atoms with Gasteiger partial charge in [-0.2, -0.15) is 0 Å². The Morgan fingerprint density at radius 2 is 1.86 bits per heavy atom. The minimum Gasteiger partial charge on any atom is -0.508 e. The van der Waals surface area contributed by atoms with E-state index in [1.807, 2.05) is 6.07 Å². The summed E-state index contributed by atoms with van der Waals surface area (Å²) in [6.07, 6.45) is 2.33. The molecule has 1 amide bonds. The van der Waals surface area contributed by atoms with Gasteiger partial charge in [0.05, 0.1) is 17.3 Å². The number of ketones is 2. The average molecular weight is 598 g/mol. The number of aryl methyl sites for hydroxylation is 1. The second-order valence-electron chi connectivity index (χ2n) is 13.3. The average Bonchev–Trinajstić information content (AvgIpc) is 2.89. The first-order valence-electron chi connectivity index (χ1n) is 14.7. The summed E-state index contributed by atoms with van der Waals surface area (Å²) >= 11 is 0. The van der Waals surface area contributed by atoms with E-state index in [1.165, 1.54) is 4.90 Å². The maximum Gasteiger partial charge on any atom is 0.255 e. The van der Waals surface area contributed by atoms with Gasteiger partial charge in [0.1, 0.15) is 29.4 Å². The first-order chi connectivity index (χ1) is 20.0. The zero-order valence-electron chi connectivity index (χ0n) is 25.9. The molecule has 1 aromatic rings. The lowest BCUT2D eigenvalue weighted by molar-refractivity contribution is -0.153. The zero-order chi connectivity index (χ0) is 32.2. The molecule has 6 N–H and O–H groups in total. The number of carbonyl (C=O) groups excluding carboxylic acids is 3. The van der Waals surface area contributed by atoms with Crippen molar-refractivity contribution in [1.29, 1.82) is 0 Å². The van der Waals surface area contributed by atoms with Crippen LogP contribution in [0.5, 0.6) is 5.75 Å². The number of carbonyl (C=O) groups is 3. The summed E-state index contributed by atoms with van der Waals surface area (Å²) in [5, 5.41) is 50.3. The number of oxime groups is 1. The zero-order valence-corrected chi connectivity index (χ0v) is 25.9. The maximum absolute atomic E-state index is 14.2. The molecule has 0 radical (unpaired) electrons. The molecule has 1 saturated carbocycles. The maximum atomic E-state index is 14.2. The van der Waals surface area contributed by atoms with Gasteiger partial charge in [-0.1, -0.05) is 25.9 Å². The smallest absolute Gasteiger partial charge is 0.255 e. The van der Waals surface area contributed by atoms with Gasteiger partial charge in [0.2, 0.25) is 5.78 Å². The van der Waals surface area contributed by atoms with Crippen molar-refractivity contribution in [3.05, 3.63) is 45.2 Å². The van der Waals surface area contributed by atoms with Crippen LogP contribution in [-0.4, -0.2) is 80.9 Å². The molecular formula is C32H43N3O8. The lowest BCUT2D eigenvalue weighted by atomic mass is 9.57. The number of rotatable bonds is 8. The highest BCUT2D eigenvalue weighted by molar-refractivity contribution is 6.24. The number of primary amides is 1. The number of phenolic OH excluding ortho intramolecular Hbond substituents is 1. The van der Waals surface area contributed by atoms with Gasteiger partial charge in [-0.3, -0.25) is 19.3 Å². The number of likely N-dealkylation sites (N-methyl/N-ethyl adjacent to an activating group) is 1. The summed E-state index contributed by atoms with van der Waals surface area (Å²) in [7, 11) is 3.14. The van der Waals surface area contributed by atoms with E-state index < -0.39 is 58.0 Å². The van der Waals surface area contributed by atoms with Crippen LogP contribution >= 0.6 is 0 Å².